The summed E-state index contributed by atoms with van der Waals surface area (Å²) in [5.41, 5.74) is 3.17. The topological polar surface area (TPSA) is 76.7 Å². The van der Waals surface area contributed by atoms with E-state index in [0.717, 1.165) is 5.56 Å². The molecule has 6 nitrogen and oxygen atoms in total. The molecule has 2 heterocycles. The molecule has 2 aliphatic heterocycles. The van der Waals surface area contributed by atoms with Crippen molar-refractivity contribution >= 4 is 18.1 Å². The first-order valence-corrected chi connectivity index (χ1v) is 5.40. The number of hydrogen-bond acceptors (Lipinski definition) is 4. The number of benzene rings is 1. The summed E-state index contributed by atoms with van der Waals surface area (Å²) in [6.45, 7) is 1.19. The number of ether oxygens (including phenoxy) is 1. The average molecular weight is 248 g/mol. The van der Waals surface area contributed by atoms with Crippen LogP contribution in [0.2, 0.25) is 0 Å². The molecule has 94 valence electrons. The number of carbonyl (C=O) groups excluding carboxylic acids is 2. The summed E-state index contributed by atoms with van der Waals surface area (Å²) in [6, 6.07) is 7.42. The van der Waals surface area contributed by atoms with Crippen molar-refractivity contribution in [2.75, 3.05) is 13.2 Å². The highest BCUT2D eigenvalue weighted by Gasteiger charge is 2.06. The fourth-order valence-corrected chi connectivity index (χ4v) is 1.36. The van der Waals surface area contributed by atoms with Gasteiger partial charge in [-0.05, 0) is 12.1 Å². The van der Waals surface area contributed by atoms with Crippen molar-refractivity contribution in [3.8, 4) is 5.75 Å². The van der Waals surface area contributed by atoms with Crippen LogP contribution < -0.4 is 15.6 Å². The van der Waals surface area contributed by atoms with Gasteiger partial charge in [-0.3, -0.25) is 4.79 Å². The van der Waals surface area contributed by atoms with Gasteiger partial charge in [0.05, 0.1) is 6.54 Å². The molecule has 0 aliphatic carbocycles. The maximum Gasteiger partial charge on any atom is 0.407 e. The van der Waals surface area contributed by atoms with Crippen molar-refractivity contribution in [3.05, 3.63) is 35.9 Å². The fraction of sp³-hybridized carbons (Fsp3) is 0.167. The van der Waals surface area contributed by atoms with E-state index in [0.29, 0.717) is 18.9 Å². The highest BCUT2D eigenvalue weighted by Crippen LogP contribution is 2.19. The Bertz CT molecular complexity index is 477. The van der Waals surface area contributed by atoms with Crippen LogP contribution >= 0.6 is 0 Å². The second-order valence-corrected chi connectivity index (χ2v) is 3.50. The number of cyclic esters (lactones) is 1. The lowest BCUT2D eigenvalue weighted by atomic mass is 10.2. The van der Waals surface area contributed by atoms with Gasteiger partial charge in [0.15, 0.2) is 5.75 Å². The largest absolute Gasteiger partial charge is 0.448 e. The van der Waals surface area contributed by atoms with Crippen molar-refractivity contribution in [1.82, 2.24) is 10.8 Å². The second-order valence-electron chi connectivity index (χ2n) is 3.50. The van der Waals surface area contributed by atoms with Crippen LogP contribution in [-0.2, 0) is 9.53 Å². The Balaban J connectivity index is 0.000000169. The molecule has 3 rings (SSSR count). The van der Waals surface area contributed by atoms with E-state index in [1.165, 1.54) is 6.08 Å². The minimum Gasteiger partial charge on any atom is -0.448 e. The molecule has 1 fully saturated rings. The number of fused-ring (bicyclic) bond motifs is 1. The van der Waals surface area contributed by atoms with Gasteiger partial charge >= 0.3 is 6.09 Å². The van der Waals surface area contributed by atoms with Crippen LogP contribution in [0.4, 0.5) is 4.79 Å². The van der Waals surface area contributed by atoms with Crippen molar-refractivity contribution in [3.63, 3.8) is 0 Å². The quantitative estimate of drug-likeness (QED) is 0.713. The second kappa shape index (κ2) is 5.72. The molecule has 0 atom stereocenters. The number of carbonyl (C=O) groups is 2. The first kappa shape index (κ1) is 12.0. The van der Waals surface area contributed by atoms with Crippen LogP contribution in [0.15, 0.2) is 30.3 Å². The Kier molecular flexibility index (Phi) is 3.80. The molecular weight excluding hydrogens is 236 g/mol. The number of nitrogens with one attached hydrogen (secondary N) is 2. The summed E-state index contributed by atoms with van der Waals surface area (Å²) < 4.78 is 4.40. The van der Waals surface area contributed by atoms with E-state index in [1.54, 1.807) is 12.1 Å². The molecule has 0 saturated carbocycles. The van der Waals surface area contributed by atoms with Gasteiger partial charge in [-0.2, -0.15) is 5.48 Å². The van der Waals surface area contributed by atoms with Crippen LogP contribution in [0, 0.1) is 0 Å². The zero-order valence-electron chi connectivity index (χ0n) is 9.51. The van der Waals surface area contributed by atoms with Crippen molar-refractivity contribution in [1.29, 1.82) is 0 Å². The molecule has 0 bridgehead atoms. The van der Waals surface area contributed by atoms with Gasteiger partial charge in [0, 0.05) is 11.6 Å². The molecule has 2 N–H and O–H groups in total. The normalized spacial score (nSPS) is 16.0. The van der Waals surface area contributed by atoms with E-state index < -0.39 is 0 Å². The van der Waals surface area contributed by atoms with Crippen molar-refractivity contribution in [2.45, 2.75) is 0 Å². The summed E-state index contributed by atoms with van der Waals surface area (Å²) in [6.07, 6.45) is 2.86. The van der Waals surface area contributed by atoms with E-state index in [9.17, 15) is 9.59 Å². The SMILES string of the molecule is O=C1C=Cc2ccccc2ON1.O=C1NCCO1. The molecule has 18 heavy (non-hydrogen) atoms. The van der Waals surface area contributed by atoms with Crippen LogP contribution in [0.25, 0.3) is 6.08 Å². The third-order valence-electron chi connectivity index (χ3n) is 2.20. The maximum atomic E-state index is 10.8. The number of hydrogen-bond donors (Lipinski definition) is 2. The standard InChI is InChI=1S/C9H7NO2.C3H5NO2/c11-9-6-5-7-3-1-2-4-8(7)12-10-9;5-3-4-1-2-6-3/h1-6H,(H,10,11);1-2H2,(H,4,5). The summed E-state index contributed by atoms with van der Waals surface area (Å²) in [7, 11) is 0. The van der Waals surface area contributed by atoms with Gasteiger partial charge in [-0.15, -0.1) is 0 Å². The summed E-state index contributed by atoms with van der Waals surface area (Å²) >= 11 is 0. The van der Waals surface area contributed by atoms with Crippen molar-refractivity contribution in [2.24, 2.45) is 0 Å². The highest BCUT2D eigenvalue weighted by atomic mass is 16.7. The average Bonchev–Trinajstić information content (AvgIpc) is 2.78. The zero-order valence-corrected chi connectivity index (χ0v) is 9.51. The Morgan fingerprint density at radius 1 is 1.11 bits per heavy atom. The summed E-state index contributed by atoms with van der Waals surface area (Å²) in [5.74, 6) is 0.422. The van der Waals surface area contributed by atoms with Gasteiger partial charge < -0.3 is 14.9 Å². The number of hydroxylamine groups is 1. The predicted octanol–water partition coefficient (Wildman–Crippen LogP) is 0.850. The van der Waals surface area contributed by atoms with Crippen LogP contribution in [-0.4, -0.2) is 25.2 Å². The zero-order chi connectivity index (χ0) is 12.8. The van der Waals surface area contributed by atoms with Gasteiger partial charge in [0.2, 0.25) is 0 Å². The molecule has 6 heteroatoms. The molecule has 2 aliphatic rings. The molecule has 1 saturated heterocycles. The Morgan fingerprint density at radius 2 is 1.94 bits per heavy atom. The third-order valence-corrected chi connectivity index (χ3v) is 2.20. The smallest absolute Gasteiger partial charge is 0.407 e. The third kappa shape index (κ3) is 3.24. The lowest BCUT2D eigenvalue weighted by molar-refractivity contribution is -0.122. The minimum absolute atomic E-state index is 0.244. The summed E-state index contributed by atoms with van der Waals surface area (Å²) in [5, 5.41) is 2.46. The molecule has 1 aromatic rings. The lowest BCUT2D eigenvalue weighted by Crippen LogP contribution is -2.23. The van der Waals surface area contributed by atoms with Gasteiger partial charge in [-0.25, -0.2) is 4.79 Å². The van der Waals surface area contributed by atoms with Crippen LogP contribution in [0.1, 0.15) is 5.56 Å². The van der Waals surface area contributed by atoms with E-state index in [-0.39, 0.29) is 12.0 Å². The maximum absolute atomic E-state index is 10.8. The number of para-hydroxylation sites is 1. The Labute approximate surface area is 104 Å². The van der Waals surface area contributed by atoms with Gasteiger partial charge in [-0.1, -0.05) is 18.2 Å². The predicted molar refractivity (Wildman–Crippen MR) is 63.6 cm³/mol. The monoisotopic (exact) mass is 248 g/mol. The lowest BCUT2D eigenvalue weighted by Gasteiger charge is -2.03. The number of rotatable bonds is 0. The van der Waals surface area contributed by atoms with Gasteiger partial charge in [0.1, 0.15) is 6.61 Å². The first-order valence-electron chi connectivity index (χ1n) is 5.40. The molecule has 0 radical (unpaired) electrons. The molecule has 0 aromatic heterocycles. The van der Waals surface area contributed by atoms with Gasteiger partial charge in [0.25, 0.3) is 5.91 Å². The van der Waals surface area contributed by atoms with E-state index in [4.69, 9.17) is 4.84 Å². The fourth-order valence-electron chi connectivity index (χ4n) is 1.36. The molecule has 0 unspecified atom stereocenters. The number of alkyl carbamates (subject to hydrolysis) is 1. The summed E-state index contributed by atoms with van der Waals surface area (Å²) in [4.78, 5) is 25.7. The van der Waals surface area contributed by atoms with E-state index in [1.807, 2.05) is 18.2 Å². The first-order chi connectivity index (χ1) is 8.75. The minimum atomic E-state index is -0.296. The Hall–Kier alpha value is -2.50. The molecule has 1 aromatic carbocycles. The molecular formula is C12H12N2O4. The highest BCUT2D eigenvalue weighted by molar-refractivity contribution is 5.92. The number of amides is 2. The molecule has 0 spiro atoms. The van der Waals surface area contributed by atoms with Crippen LogP contribution in [0.5, 0.6) is 5.75 Å². The van der Waals surface area contributed by atoms with E-state index in [2.05, 4.69) is 15.5 Å². The molecule has 2 amide bonds. The van der Waals surface area contributed by atoms with Crippen LogP contribution in [0.3, 0.4) is 0 Å². The Morgan fingerprint density at radius 3 is 2.61 bits per heavy atom. The van der Waals surface area contributed by atoms with E-state index >= 15 is 0 Å². The van der Waals surface area contributed by atoms with Crippen molar-refractivity contribution < 1.29 is 19.2 Å².